The molecule has 4 heteroatoms. The highest BCUT2D eigenvalue weighted by Crippen LogP contribution is 2.21. The molecule has 0 radical (unpaired) electrons. The molecule has 2 aromatic heterocycles. The molecule has 1 aromatic carbocycles. The van der Waals surface area contributed by atoms with E-state index in [9.17, 15) is 0 Å². The molecule has 3 rings (SSSR count). The van der Waals surface area contributed by atoms with Crippen molar-refractivity contribution in [3.8, 4) is 11.3 Å². The van der Waals surface area contributed by atoms with Gasteiger partial charge < -0.3 is 10.0 Å². The molecule has 0 amide bonds. The zero-order valence-electron chi connectivity index (χ0n) is 11.9. The lowest BCUT2D eigenvalue weighted by Gasteiger charge is -2.16. The first-order valence-corrected chi connectivity index (χ1v) is 6.92. The number of aromatic nitrogens is 2. The molecule has 0 saturated heterocycles. The number of likely N-dealkylation sites (N-methyl/N-ethyl adjacent to an activating group) is 1. The van der Waals surface area contributed by atoms with Gasteiger partial charge >= 0.3 is 0 Å². The van der Waals surface area contributed by atoms with Crippen molar-refractivity contribution in [3.63, 3.8) is 0 Å². The summed E-state index contributed by atoms with van der Waals surface area (Å²) in [6.45, 7) is 0.687. The van der Waals surface area contributed by atoms with Gasteiger partial charge in [0, 0.05) is 30.7 Å². The Bertz CT molecular complexity index is 740. The third kappa shape index (κ3) is 2.85. The Morgan fingerprint density at radius 3 is 2.67 bits per heavy atom. The number of hydrogen-bond donors (Lipinski definition) is 1. The van der Waals surface area contributed by atoms with Gasteiger partial charge in [-0.15, -0.1) is 0 Å². The Balaban J connectivity index is 1.91. The van der Waals surface area contributed by atoms with Crippen LogP contribution in [0.2, 0.25) is 0 Å². The fourth-order valence-electron chi connectivity index (χ4n) is 2.25. The quantitative estimate of drug-likeness (QED) is 0.798. The number of nitrogens with zero attached hydrogens (tertiary/aromatic N) is 3. The van der Waals surface area contributed by atoms with Gasteiger partial charge in [-0.05, 0) is 24.3 Å². The highest BCUT2D eigenvalue weighted by atomic mass is 16.3. The third-order valence-corrected chi connectivity index (χ3v) is 3.47. The second kappa shape index (κ2) is 5.89. The molecule has 0 atom stereocenters. The number of rotatable bonds is 4. The molecule has 0 spiro atoms. The van der Waals surface area contributed by atoms with Gasteiger partial charge in [0.2, 0.25) is 0 Å². The van der Waals surface area contributed by atoms with Gasteiger partial charge in [-0.2, -0.15) is 0 Å². The Morgan fingerprint density at radius 2 is 1.90 bits per heavy atom. The second-order valence-electron chi connectivity index (χ2n) is 4.94. The topological polar surface area (TPSA) is 49.2 Å². The molecule has 106 valence electrons. The average Bonchev–Trinajstić information content (AvgIpc) is 2.55. The summed E-state index contributed by atoms with van der Waals surface area (Å²) in [5.41, 5.74) is 2.89. The Hall–Kier alpha value is -2.46. The molecule has 0 aliphatic heterocycles. The summed E-state index contributed by atoms with van der Waals surface area (Å²) >= 11 is 0. The molecule has 2 heterocycles. The first kappa shape index (κ1) is 13.5. The lowest BCUT2D eigenvalue weighted by molar-refractivity contribution is 0.304. The first-order chi connectivity index (χ1) is 10.3. The van der Waals surface area contributed by atoms with Crippen molar-refractivity contribution in [1.29, 1.82) is 0 Å². The molecule has 21 heavy (non-hydrogen) atoms. The second-order valence-corrected chi connectivity index (χ2v) is 4.94. The molecule has 0 unspecified atom stereocenters. The maximum absolute atomic E-state index is 8.95. The van der Waals surface area contributed by atoms with Crippen LogP contribution in [-0.2, 0) is 0 Å². The van der Waals surface area contributed by atoms with Crippen molar-refractivity contribution < 1.29 is 5.11 Å². The van der Waals surface area contributed by atoms with Gasteiger partial charge in [-0.25, -0.2) is 9.97 Å². The summed E-state index contributed by atoms with van der Waals surface area (Å²) in [5.74, 6) is 0.841. The maximum atomic E-state index is 8.95. The van der Waals surface area contributed by atoms with Crippen LogP contribution in [0.15, 0.2) is 54.7 Å². The fraction of sp³-hybridized carbons (Fsp3) is 0.176. The number of benzene rings is 1. The molecule has 0 bridgehead atoms. The van der Waals surface area contributed by atoms with Crippen molar-refractivity contribution in [3.05, 3.63) is 54.7 Å². The standard InChI is InChI=1S/C17H17N3O/c1-20(10-11-21)17-9-7-14(12-18-17)16-8-6-13-4-2-3-5-15(13)19-16/h2-9,12,21H,10-11H2,1H3. The minimum atomic E-state index is 0.117. The monoisotopic (exact) mass is 279 g/mol. The molecule has 0 aliphatic carbocycles. The van der Waals surface area contributed by atoms with E-state index in [0.717, 1.165) is 28.0 Å². The smallest absolute Gasteiger partial charge is 0.128 e. The van der Waals surface area contributed by atoms with E-state index in [4.69, 9.17) is 5.11 Å². The van der Waals surface area contributed by atoms with Crippen LogP contribution in [0.4, 0.5) is 5.82 Å². The van der Waals surface area contributed by atoms with Crippen LogP contribution in [0, 0.1) is 0 Å². The van der Waals surface area contributed by atoms with Gasteiger partial charge in [0.25, 0.3) is 0 Å². The van der Waals surface area contributed by atoms with Gasteiger partial charge in [0.15, 0.2) is 0 Å². The van der Waals surface area contributed by atoms with Crippen LogP contribution in [0.1, 0.15) is 0 Å². The lowest BCUT2D eigenvalue weighted by Crippen LogP contribution is -2.21. The van der Waals surface area contributed by atoms with E-state index in [2.05, 4.69) is 22.1 Å². The van der Waals surface area contributed by atoms with Crippen LogP contribution in [0.3, 0.4) is 0 Å². The molecule has 4 nitrogen and oxygen atoms in total. The minimum Gasteiger partial charge on any atom is -0.395 e. The summed E-state index contributed by atoms with van der Waals surface area (Å²) in [7, 11) is 1.91. The molecule has 0 saturated carbocycles. The maximum Gasteiger partial charge on any atom is 0.128 e. The van der Waals surface area contributed by atoms with E-state index in [1.54, 1.807) is 0 Å². The van der Waals surface area contributed by atoms with Crippen molar-refractivity contribution in [2.75, 3.05) is 25.1 Å². The minimum absolute atomic E-state index is 0.117. The molecule has 1 N–H and O–H groups in total. The largest absolute Gasteiger partial charge is 0.395 e. The number of aliphatic hydroxyl groups excluding tert-OH is 1. The van der Waals surface area contributed by atoms with Crippen molar-refractivity contribution in [2.45, 2.75) is 0 Å². The van der Waals surface area contributed by atoms with Crippen LogP contribution < -0.4 is 4.90 Å². The summed E-state index contributed by atoms with van der Waals surface area (Å²) in [5, 5.41) is 10.1. The summed E-state index contributed by atoms with van der Waals surface area (Å²) < 4.78 is 0. The molecule has 0 fully saturated rings. The Labute approximate surface area is 123 Å². The number of para-hydroxylation sites is 1. The van der Waals surface area contributed by atoms with Crippen molar-refractivity contribution >= 4 is 16.7 Å². The lowest BCUT2D eigenvalue weighted by atomic mass is 10.1. The van der Waals surface area contributed by atoms with Crippen molar-refractivity contribution in [1.82, 2.24) is 9.97 Å². The van der Waals surface area contributed by atoms with Gasteiger partial charge in [0.05, 0.1) is 17.8 Å². The van der Waals surface area contributed by atoms with E-state index in [1.807, 2.05) is 54.5 Å². The predicted molar refractivity (Wildman–Crippen MR) is 85.3 cm³/mol. The Morgan fingerprint density at radius 1 is 1.05 bits per heavy atom. The number of hydrogen-bond acceptors (Lipinski definition) is 4. The molecule has 3 aromatic rings. The van der Waals surface area contributed by atoms with Crippen LogP contribution >= 0.6 is 0 Å². The van der Waals surface area contributed by atoms with E-state index in [1.165, 1.54) is 0 Å². The fourth-order valence-corrected chi connectivity index (χ4v) is 2.25. The van der Waals surface area contributed by atoms with E-state index in [-0.39, 0.29) is 6.61 Å². The summed E-state index contributed by atoms with van der Waals surface area (Å²) in [6, 6.07) is 16.1. The molecular weight excluding hydrogens is 262 g/mol. The highest BCUT2D eigenvalue weighted by Gasteiger charge is 2.05. The average molecular weight is 279 g/mol. The van der Waals surface area contributed by atoms with Gasteiger partial charge in [-0.3, -0.25) is 0 Å². The summed E-state index contributed by atoms with van der Waals surface area (Å²) in [6.07, 6.45) is 1.82. The van der Waals surface area contributed by atoms with E-state index in [0.29, 0.717) is 6.54 Å². The van der Waals surface area contributed by atoms with Crippen LogP contribution in [0.25, 0.3) is 22.2 Å². The number of pyridine rings is 2. The van der Waals surface area contributed by atoms with Gasteiger partial charge in [0.1, 0.15) is 5.82 Å². The van der Waals surface area contributed by atoms with E-state index < -0.39 is 0 Å². The van der Waals surface area contributed by atoms with Crippen LogP contribution in [-0.4, -0.2) is 35.3 Å². The number of anilines is 1. The van der Waals surface area contributed by atoms with Crippen LogP contribution in [0.5, 0.6) is 0 Å². The third-order valence-electron chi connectivity index (χ3n) is 3.47. The van der Waals surface area contributed by atoms with Crippen molar-refractivity contribution in [2.24, 2.45) is 0 Å². The zero-order chi connectivity index (χ0) is 14.7. The predicted octanol–water partition coefficient (Wildman–Crippen LogP) is 2.73. The molecule has 0 aliphatic rings. The highest BCUT2D eigenvalue weighted by molar-refractivity contribution is 5.81. The van der Waals surface area contributed by atoms with Gasteiger partial charge in [-0.1, -0.05) is 24.3 Å². The normalized spacial score (nSPS) is 10.8. The SMILES string of the molecule is CN(CCO)c1ccc(-c2ccc3ccccc3n2)cn1. The number of fused-ring (bicyclic) bond motifs is 1. The zero-order valence-corrected chi connectivity index (χ0v) is 11.9. The number of aliphatic hydroxyl groups is 1. The molecular formula is C17H17N3O. The Kier molecular flexibility index (Phi) is 3.79. The summed E-state index contributed by atoms with van der Waals surface area (Å²) in [4.78, 5) is 11.0. The first-order valence-electron chi connectivity index (χ1n) is 6.92. The van der Waals surface area contributed by atoms with E-state index >= 15 is 0 Å².